The molecular formula is C5H10O3. The Morgan fingerprint density at radius 2 is 2.25 bits per heavy atom. The molecule has 0 aliphatic rings. The van der Waals surface area contributed by atoms with Crippen LogP contribution in [0.1, 0.15) is 19.8 Å². The van der Waals surface area contributed by atoms with E-state index in [1.807, 2.05) is 6.92 Å². The van der Waals surface area contributed by atoms with Gasteiger partial charge in [0.2, 0.25) is 0 Å². The van der Waals surface area contributed by atoms with E-state index in [0.717, 1.165) is 0 Å². The number of carbonyl (C=O) groups is 1. The van der Waals surface area contributed by atoms with E-state index >= 15 is 0 Å². The van der Waals surface area contributed by atoms with Crippen LogP contribution in [0, 0.1) is 0 Å². The summed E-state index contributed by atoms with van der Waals surface area (Å²) in [6.45, 7) is 1.83. The highest BCUT2D eigenvalue weighted by atomic mass is 16.7. The minimum Gasteiger partial charge on any atom is -0.479 e. The van der Waals surface area contributed by atoms with Gasteiger partial charge < -0.3 is 10.2 Å². The molecule has 0 heterocycles. The minimum absolute atomic E-state index is 0.343. The number of aliphatic carboxylic acids is 1. The molecule has 0 aromatic heterocycles. The lowest BCUT2D eigenvalue weighted by atomic mass is 10.3. The van der Waals surface area contributed by atoms with Crippen molar-refractivity contribution in [2.75, 3.05) is 0 Å². The number of carboxylic acids is 1. The zero-order valence-corrected chi connectivity index (χ0v) is 4.79. The molecule has 0 aliphatic carbocycles. The van der Waals surface area contributed by atoms with Crippen LogP contribution < -0.4 is 0 Å². The number of hydrogen-bond acceptors (Lipinski definition) is 2. The average Bonchev–Trinajstić information content (AvgIpc) is 1.67. The van der Waals surface area contributed by atoms with Crippen molar-refractivity contribution in [1.29, 1.82) is 0 Å². The van der Waals surface area contributed by atoms with Gasteiger partial charge in [0.05, 0.1) is 0 Å². The molecule has 0 saturated carbocycles. The molecule has 48 valence electrons. The molecule has 0 spiro atoms. The quantitative estimate of drug-likeness (QED) is 0.560. The molecule has 0 aliphatic heterocycles. The number of aliphatic hydroxyl groups is 1. The van der Waals surface area contributed by atoms with Gasteiger partial charge in [0, 0.05) is 0 Å². The van der Waals surface area contributed by atoms with Gasteiger partial charge in [0.1, 0.15) is 0 Å². The molecule has 0 fully saturated rings. The minimum atomic E-state index is -1.17. The summed E-state index contributed by atoms with van der Waals surface area (Å²) >= 11 is 0. The maximum atomic E-state index is 9.84. The molecule has 3 heteroatoms. The first-order chi connectivity index (χ1) is 3.68. The molecule has 2 N–H and O–H groups in total. The number of aliphatic hydroxyl groups excluding tert-OH is 1. The van der Waals surface area contributed by atoms with Crippen molar-refractivity contribution in [3.8, 4) is 0 Å². The van der Waals surface area contributed by atoms with Crippen LogP contribution in [0.25, 0.3) is 0 Å². The summed E-state index contributed by atoms with van der Waals surface area (Å²) in [4.78, 5) is 9.84. The average molecular weight is 120 g/mol. The van der Waals surface area contributed by atoms with Gasteiger partial charge in [-0.15, -0.1) is 0 Å². The van der Waals surface area contributed by atoms with Crippen molar-refractivity contribution in [2.45, 2.75) is 25.9 Å². The Kier molecular flexibility index (Phi) is 3.19. The van der Waals surface area contributed by atoms with E-state index in [1.165, 1.54) is 0 Å². The fraction of sp³-hybridized carbons (Fsp3) is 0.800. The van der Waals surface area contributed by atoms with E-state index in [2.05, 4.69) is 0 Å². The fourth-order valence-corrected chi connectivity index (χ4v) is 0.397. The third kappa shape index (κ3) is 2.58. The van der Waals surface area contributed by atoms with Gasteiger partial charge in [-0.1, -0.05) is 13.3 Å². The van der Waals surface area contributed by atoms with Gasteiger partial charge in [0.25, 0.3) is 0 Å². The van der Waals surface area contributed by atoms with Crippen molar-refractivity contribution in [1.82, 2.24) is 0 Å². The van der Waals surface area contributed by atoms with Crippen molar-refractivity contribution < 1.29 is 15.0 Å². The lowest BCUT2D eigenvalue weighted by molar-refractivity contribution is -0.146. The first-order valence-corrected chi connectivity index (χ1v) is 2.59. The molecule has 3 nitrogen and oxygen atoms in total. The number of carboxylic acid groups (broad SMARTS) is 1. The number of hydrogen-bond donors (Lipinski definition) is 2. The largest absolute Gasteiger partial charge is 0.479 e. The second-order valence-electron chi connectivity index (χ2n) is 1.64. The molecule has 1 atom stereocenters. The molecule has 0 bridgehead atoms. The fourth-order valence-electron chi connectivity index (χ4n) is 0.397. The Bertz CT molecular complexity index is 79.7. The van der Waals surface area contributed by atoms with E-state index in [9.17, 15) is 4.79 Å². The standard InChI is InChI=1S/C5H10O3/c1-2-3-4(6)5(7)8/h4,6H,2-3H2,1H3,(H,7,8)/i5+2. The summed E-state index contributed by atoms with van der Waals surface area (Å²) in [6.07, 6.45) is -0.122. The molecule has 0 rings (SSSR count). The van der Waals surface area contributed by atoms with Crippen LogP contribution in [0.3, 0.4) is 0 Å². The maximum Gasteiger partial charge on any atom is 0.332 e. The molecule has 0 aromatic rings. The lowest BCUT2D eigenvalue weighted by Crippen LogP contribution is -2.18. The molecular weight excluding hydrogens is 110 g/mol. The molecule has 0 amide bonds. The molecule has 8 heavy (non-hydrogen) atoms. The normalized spacial score (nSPS) is 13.2. The van der Waals surface area contributed by atoms with Gasteiger partial charge in [-0.05, 0) is 6.42 Å². The summed E-state index contributed by atoms with van der Waals surface area (Å²) in [5, 5.41) is 16.6. The third-order valence-corrected chi connectivity index (χ3v) is 0.847. The van der Waals surface area contributed by atoms with Gasteiger partial charge in [-0.2, -0.15) is 0 Å². The zero-order valence-electron chi connectivity index (χ0n) is 4.79. The van der Waals surface area contributed by atoms with Crippen LogP contribution in [0.4, 0.5) is 0 Å². The second kappa shape index (κ2) is 3.43. The predicted octanol–water partition coefficient (Wildman–Crippen LogP) is 0.232. The highest BCUT2D eigenvalue weighted by Crippen LogP contribution is 1.93. The maximum absolute atomic E-state index is 9.84. The first kappa shape index (κ1) is 7.43. The molecule has 0 saturated heterocycles. The van der Waals surface area contributed by atoms with E-state index in [0.29, 0.717) is 12.8 Å². The third-order valence-electron chi connectivity index (χ3n) is 0.847. The van der Waals surface area contributed by atoms with Crippen LogP contribution in [0.5, 0.6) is 0 Å². The van der Waals surface area contributed by atoms with Crippen LogP contribution in [0.15, 0.2) is 0 Å². The monoisotopic (exact) mass is 120 g/mol. The Morgan fingerprint density at radius 3 is 2.38 bits per heavy atom. The Labute approximate surface area is 47.9 Å². The van der Waals surface area contributed by atoms with Crippen LogP contribution in [0.2, 0.25) is 0 Å². The smallest absolute Gasteiger partial charge is 0.332 e. The van der Waals surface area contributed by atoms with Crippen LogP contribution in [-0.2, 0) is 4.79 Å². The van der Waals surface area contributed by atoms with Gasteiger partial charge in [-0.25, -0.2) is 4.79 Å². The van der Waals surface area contributed by atoms with Crippen molar-refractivity contribution in [3.63, 3.8) is 0 Å². The van der Waals surface area contributed by atoms with Gasteiger partial charge in [0.15, 0.2) is 6.10 Å². The van der Waals surface area contributed by atoms with E-state index in [4.69, 9.17) is 10.2 Å². The SMILES string of the molecule is CCCC(O)[14C](=O)O. The Balaban J connectivity index is 3.32. The number of rotatable bonds is 3. The summed E-state index contributed by atoms with van der Waals surface area (Å²) < 4.78 is 0. The van der Waals surface area contributed by atoms with Crippen molar-refractivity contribution in [3.05, 3.63) is 0 Å². The van der Waals surface area contributed by atoms with Crippen LogP contribution in [-0.4, -0.2) is 22.3 Å². The zero-order chi connectivity index (χ0) is 6.57. The Hall–Kier alpha value is -0.570. The summed E-state index contributed by atoms with van der Waals surface area (Å²) in [7, 11) is 0. The second-order valence-corrected chi connectivity index (χ2v) is 1.64. The molecule has 1 unspecified atom stereocenters. The van der Waals surface area contributed by atoms with Crippen molar-refractivity contribution in [2.24, 2.45) is 0 Å². The predicted molar refractivity (Wildman–Crippen MR) is 28.6 cm³/mol. The topological polar surface area (TPSA) is 57.5 Å². The summed E-state index contributed by atoms with van der Waals surface area (Å²) in [5.74, 6) is -1.13. The first-order valence-electron chi connectivity index (χ1n) is 2.59. The Morgan fingerprint density at radius 1 is 1.75 bits per heavy atom. The highest BCUT2D eigenvalue weighted by molar-refractivity contribution is 5.71. The summed E-state index contributed by atoms with van der Waals surface area (Å²) in [5.41, 5.74) is 0. The van der Waals surface area contributed by atoms with Crippen molar-refractivity contribution >= 4 is 5.97 Å². The van der Waals surface area contributed by atoms with Gasteiger partial charge in [-0.3, -0.25) is 0 Å². The highest BCUT2D eigenvalue weighted by Gasteiger charge is 2.09. The van der Waals surface area contributed by atoms with E-state index in [-0.39, 0.29) is 0 Å². The summed E-state index contributed by atoms with van der Waals surface area (Å²) in [6, 6.07) is 0. The van der Waals surface area contributed by atoms with E-state index in [1.54, 1.807) is 0 Å². The van der Waals surface area contributed by atoms with E-state index < -0.39 is 12.1 Å². The lowest BCUT2D eigenvalue weighted by Gasteiger charge is -1.99. The molecule has 0 aromatic carbocycles. The van der Waals surface area contributed by atoms with Gasteiger partial charge >= 0.3 is 5.97 Å². The molecule has 0 radical (unpaired) electrons. The van der Waals surface area contributed by atoms with Crippen LogP contribution >= 0.6 is 0 Å².